The lowest BCUT2D eigenvalue weighted by atomic mass is 9.85. The fourth-order valence-corrected chi connectivity index (χ4v) is 4.06. The Kier molecular flexibility index (Phi) is 4.51. The first-order valence-electron chi connectivity index (χ1n) is 8.31. The number of aliphatic hydroxyl groups excluding tert-OH is 1. The molecule has 21 heavy (non-hydrogen) atoms. The van der Waals surface area contributed by atoms with Crippen molar-refractivity contribution in [2.24, 2.45) is 5.92 Å². The summed E-state index contributed by atoms with van der Waals surface area (Å²) < 4.78 is 5.31. The van der Waals surface area contributed by atoms with E-state index < -0.39 is 0 Å². The summed E-state index contributed by atoms with van der Waals surface area (Å²) in [6.07, 6.45) is 5.65. The predicted molar refractivity (Wildman–Crippen MR) is 84.7 cm³/mol. The smallest absolute Gasteiger partial charge is 0.119 e. The molecule has 0 aromatic heterocycles. The molecule has 0 radical (unpaired) electrons. The van der Waals surface area contributed by atoms with Crippen LogP contribution in [0.15, 0.2) is 18.2 Å². The highest BCUT2D eigenvalue weighted by molar-refractivity contribution is 5.39. The van der Waals surface area contributed by atoms with Gasteiger partial charge >= 0.3 is 0 Å². The molecule has 0 spiro atoms. The largest absolute Gasteiger partial charge is 0.497 e. The van der Waals surface area contributed by atoms with Gasteiger partial charge in [0.1, 0.15) is 5.75 Å². The number of methoxy groups -OCH3 is 1. The molecule has 1 N–H and O–H groups in total. The molecule has 0 bridgehead atoms. The van der Waals surface area contributed by atoms with Gasteiger partial charge < -0.3 is 9.84 Å². The number of aliphatic hydroxyl groups is 1. The first kappa shape index (κ1) is 14.9. The van der Waals surface area contributed by atoms with Gasteiger partial charge in [-0.05, 0) is 61.4 Å². The molecule has 3 heteroatoms. The number of fused-ring (bicyclic) bond motifs is 1. The van der Waals surface area contributed by atoms with Gasteiger partial charge in [-0.2, -0.15) is 0 Å². The van der Waals surface area contributed by atoms with Crippen LogP contribution in [0.5, 0.6) is 5.75 Å². The monoisotopic (exact) mass is 289 g/mol. The molecule has 0 saturated carbocycles. The Labute approximate surface area is 127 Å². The predicted octanol–water partition coefficient (Wildman–Crippen LogP) is 3.17. The van der Waals surface area contributed by atoms with Crippen molar-refractivity contribution in [1.82, 2.24) is 4.90 Å². The van der Waals surface area contributed by atoms with E-state index in [2.05, 4.69) is 17.9 Å². The number of hydrogen-bond donors (Lipinski definition) is 1. The lowest BCUT2D eigenvalue weighted by Gasteiger charge is -2.36. The summed E-state index contributed by atoms with van der Waals surface area (Å²) in [7, 11) is 1.68. The van der Waals surface area contributed by atoms with Crippen LogP contribution in [0.4, 0.5) is 0 Å². The average molecular weight is 289 g/mol. The lowest BCUT2D eigenvalue weighted by molar-refractivity contribution is 0.0465. The van der Waals surface area contributed by atoms with Crippen molar-refractivity contribution in [1.29, 1.82) is 0 Å². The maximum atomic E-state index is 10.8. The quantitative estimate of drug-likeness (QED) is 0.924. The molecule has 0 amide bonds. The molecule has 1 aliphatic heterocycles. The third kappa shape index (κ3) is 2.95. The topological polar surface area (TPSA) is 32.7 Å². The molecule has 1 fully saturated rings. The number of aryl methyl sites for hydroxylation is 1. The van der Waals surface area contributed by atoms with Crippen LogP contribution in [-0.2, 0) is 6.42 Å². The Hall–Kier alpha value is -1.06. The van der Waals surface area contributed by atoms with Crippen LogP contribution in [0.25, 0.3) is 0 Å². The highest BCUT2D eigenvalue weighted by Gasteiger charge is 2.35. The zero-order valence-electron chi connectivity index (χ0n) is 13.2. The minimum absolute atomic E-state index is 0.284. The Balaban J connectivity index is 1.74. The van der Waals surface area contributed by atoms with Gasteiger partial charge in [-0.3, -0.25) is 4.90 Å². The number of nitrogens with zero attached hydrogens (tertiary/aromatic N) is 1. The SMILES string of the molecule is CCCC1CCN(C2CCc3ccc(OC)cc3C2O)C1. The Bertz CT molecular complexity index is 488. The summed E-state index contributed by atoms with van der Waals surface area (Å²) >= 11 is 0. The minimum Gasteiger partial charge on any atom is -0.497 e. The lowest BCUT2D eigenvalue weighted by Crippen LogP contribution is -2.41. The van der Waals surface area contributed by atoms with E-state index in [9.17, 15) is 5.11 Å². The van der Waals surface area contributed by atoms with Crippen molar-refractivity contribution in [3.63, 3.8) is 0 Å². The van der Waals surface area contributed by atoms with Gasteiger partial charge in [-0.1, -0.05) is 19.4 Å². The second-order valence-corrected chi connectivity index (χ2v) is 6.55. The molecule has 116 valence electrons. The van der Waals surface area contributed by atoms with Crippen LogP contribution in [0.1, 0.15) is 49.8 Å². The van der Waals surface area contributed by atoms with Crippen LogP contribution in [0.2, 0.25) is 0 Å². The fraction of sp³-hybridized carbons (Fsp3) is 0.667. The number of benzene rings is 1. The normalized spacial score (nSPS) is 29.4. The third-order valence-corrected chi connectivity index (χ3v) is 5.23. The van der Waals surface area contributed by atoms with Gasteiger partial charge in [-0.15, -0.1) is 0 Å². The zero-order valence-corrected chi connectivity index (χ0v) is 13.2. The van der Waals surface area contributed by atoms with E-state index in [1.807, 2.05) is 12.1 Å². The standard InChI is InChI=1S/C18H27NO2/c1-3-4-13-9-10-19(12-13)17-8-6-14-5-7-15(21-2)11-16(14)18(17)20/h5,7,11,13,17-18,20H,3-4,6,8-10,12H2,1-2H3. The van der Waals surface area contributed by atoms with E-state index in [-0.39, 0.29) is 12.1 Å². The van der Waals surface area contributed by atoms with E-state index in [0.29, 0.717) is 0 Å². The van der Waals surface area contributed by atoms with Crippen molar-refractivity contribution >= 4 is 0 Å². The number of ether oxygens (including phenoxy) is 1. The first-order chi connectivity index (χ1) is 10.2. The molecule has 1 aliphatic carbocycles. The van der Waals surface area contributed by atoms with Gasteiger partial charge in [0.2, 0.25) is 0 Å². The molecular formula is C18H27NO2. The van der Waals surface area contributed by atoms with Crippen molar-refractivity contribution in [3.05, 3.63) is 29.3 Å². The van der Waals surface area contributed by atoms with Gasteiger partial charge in [0.05, 0.1) is 13.2 Å². The van der Waals surface area contributed by atoms with Crippen LogP contribution in [-0.4, -0.2) is 36.2 Å². The molecule has 1 heterocycles. The molecule has 3 atom stereocenters. The van der Waals surface area contributed by atoms with Gasteiger partial charge in [-0.25, -0.2) is 0 Å². The highest BCUT2D eigenvalue weighted by atomic mass is 16.5. The van der Waals surface area contributed by atoms with Crippen LogP contribution < -0.4 is 4.74 Å². The van der Waals surface area contributed by atoms with E-state index in [1.54, 1.807) is 7.11 Å². The van der Waals surface area contributed by atoms with Gasteiger partial charge in [0.25, 0.3) is 0 Å². The summed E-state index contributed by atoms with van der Waals surface area (Å²) in [4.78, 5) is 2.52. The first-order valence-corrected chi connectivity index (χ1v) is 8.31. The number of rotatable bonds is 4. The maximum absolute atomic E-state index is 10.8. The van der Waals surface area contributed by atoms with Crippen LogP contribution in [0.3, 0.4) is 0 Å². The molecule has 3 rings (SSSR count). The molecular weight excluding hydrogens is 262 g/mol. The van der Waals surface area contributed by atoms with E-state index in [4.69, 9.17) is 4.74 Å². The van der Waals surface area contributed by atoms with Crippen molar-refractivity contribution in [3.8, 4) is 5.75 Å². The summed E-state index contributed by atoms with van der Waals surface area (Å²) in [6.45, 7) is 4.57. The summed E-state index contributed by atoms with van der Waals surface area (Å²) in [5, 5.41) is 10.8. The summed E-state index contributed by atoms with van der Waals surface area (Å²) in [5.41, 5.74) is 2.35. The molecule has 2 aliphatic rings. The van der Waals surface area contributed by atoms with E-state index in [1.165, 1.54) is 24.8 Å². The Morgan fingerprint density at radius 1 is 1.33 bits per heavy atom. The van der Waals surface area contributed by atoms with Crippen molar-refractivity contribution < 1.29 is 9.84 Å². The fourth-order valence-electron chi connectivity index (χ4n) is 4.06. The van der Waals surface area contributed by atoms with Crippen LogP contribution in [0, 0.1) is 5.92 Å². The maximum Gasteiger partial charge on any atom is 0.119 e. The highest BCUT2D eigenvalue weighted by Crippen LogP contribution is 2.37. The van der Waals surface area contributed by atoms with Gasteiger partial charge in [0.15, 0.2) is 0 Å². The minimum atomic E-state index is -0.371. The van der Waals surface area contributed by atoms with Crippen molar-refractivity contribution in [2.45, 2.75) is 51.2 Å². The third-order valence-electron chi connectivity index (χ3n) is 5.23. The summed E-state index contributed by atoms with van der Waals surface area (Å²) in [5.74, 6) is 1.67. The molecule has 3 nitrogen and oxygen atoms in total. The van der Waals surface area contributed by atoms with Gasteiger partial charge in [0, 0.05) is 12.6 Å². The molecule has 1 aromatic rings. The number of hydrogen-bond acceptors (Lipinski definition) is 3. The Morgan fingerprint density at radius 3 is 2.95 bits per heavy atom. The summed E-state index contributed by atoms with van der Waals surface area (Å²) in [6, 6.07) is 6.41. The molecule has 1 saturated heterocycles. The Morgan fingerprint density at radius 2 is 2.19 bits per heavy atom. The van der Waals surface area contributed by atoms with Crippen LogP contribution >= 0.6 is 0 Å². The number of likely N-dealkylation sites (tertiary alicyclic amines) is 1. The van der Waals surface area contributed by atoms with E-state index in [0.717, 1.165) is 43.2 Å². The van der Waals surface area contributed by atoms with Crippen molar-refractivity contribution in [2.75, 3.05) is 20.2 Å². The van der Waals surface area contributed by atoms with E-state index >= 15 is 0 Å². The molecule has 1 aromatic carbocycles. The second-order valence-electron chi connectivity index (χ2n) is 6.55. The molecule has 3 unspecified atom stereocenters. The second kappa shape index (κ2) is 6.37. The average Bonchev–Trinajstić information content (AvgIpc) is 2.96. The zero-order chi connectivity index (χ0) is 14.8.